The molecule has 0 N–H and O–H groups in total. The minimum absolute atomic E-state index is 0.880. The van der Waals surface area contributed by atoms with Crippen molar-refractivity contribution in [3.05, 3.63) is 231 Å². The first-order chi connectivity index (χ1) is 30.3. The highest BCUT2D eigenvalue weighted by Gasteiger charge is 2.21. The Morgan fingerprint density at radius 3 is 1.74 bits per heavy atom. The van der Waals surface area contributed by atoms with Gasteiger partial charge >= 0.3 is 0 Å². The van der Waals surface area contributed by atoms with Gasteiger partial charge in [-0.05, 0) is 105 Å². The van der Waals surface area contributed by atoms with Crippen molar-refractivity contribution in [1.29, 1.82) is 0 Å². The topological polar surface area (TPSA) is 21.3 Å². The lowest BCUT2D eigenvalue weighted by Crippen LogP contribution is -2.10. The number of furan rings is 1. The quantitative estimate of drug-likeness (QED) is 0.161. The lowest BCUT2D eigenvalue weighted by atomic mass is 9.96. The second-order valence-corrected chi connectivity index (χ2v) is 15.7. The summed E-state index contributed by atoms with van der Waals surface area (Å²) >= 11 is 0. The van der Waals surface area contributed by atoms with Gasteiger partial charge in [0.2, 0.25) is 0 Å². The molecule has 61 heavy (non-hydrogen) atoms. The summed E-state index contributed by atoms with van der Waals surface area (Å²) in [7, 11) is 0. The largest absolute Gasteiger partial charge is 0.455 e. The Morgan fingerprint density at radius 1 is 0.344 bits per heavy atom. The Labute approximate surface area is 353 Å². The summed E-state index contributed by atoms with van der Waals surface area (Å²) in [5.74, 6) is 0. The molecule has 0 bridgehead atoms. The number of anilines is 3. The van der Waals surface area contributed by atoms with Crippen LogP contribution in [0.3, 0.4) is 0 Å². The van der Waals surface area contributed by atoms with E-state index in [0.717, 1.165) is 66.6 Å². The molecular weight excluding hydrogens is 741 g/mol. The molecule has 0 saturated heterocycles. The van der Waals surface area contributed by atoms with Crippen LogP contribution in [0.5, 0.6) is 0 Å². The van der Waals surface area contributed by atoms with Crippen LogP contribution >= 0.6 is 0 Å². The molecule has 12 aromatic rings. The molecule has 0 radical (unpaired) electrons. The van der Waals surface area contributed by atoms with Crippen molar-refractivity contribution in [2.45, 2.75) is 0 Å². The molecule has 0 amide bonds. The van der Waals surface area contributed by atoms with Gasteiger partial charge in [0, 0.05) is 49.9 Å². The maximum atomic E-state index is 6.90. The molecule has 0 atom stereocenters. The third-order valence-electron chi connectivity index (χ3n) is 12.2. The van der Waals surface area contributed by atoms with Gasteiger partial charge in [-0.1, -0.05) is 164 Å². The van der Waals surface area contributed by atoms with Crippen LogP contribution in [-0.4, -0.2) is 4.57 Å². The number of fused-ring (bicyclic) bond motifs is 8. The second-order valence-electron chi connectivity index (χ2n) is 15.7. The van der Waals surface area contributed by atoms with Gasteiger partial charge in [0.25, 0.3) is 0 Å². The van der Waals surface area contributed by atoms with Gasteiger partial charge in [-0.15, -0.1) is 0 Å². The highest BCUT2D eigenvalue weighted by atomic mass is 16.3. The van der Waals surface area contributed by atoms with Gasteiger partial charge in [-0.25, -0.2) is 0 Å². The fourth-order valence-electron chi connectivity index (χ4n) is 9.40. The van der Waals surface area contributed by atoms with Crippen molar-refractivity contribution in [3.8, 4) is 39.1 Å². The summed E-state index contributed by atoms with van der Waals surface area (Å²) in [4.78, 5) is 2.36. The van der Waals surface area contributed by atoms with E-state index in [0.29, 0.717) is 0 Å². The Kier molecular flexibility index (Phi) is 8.17. The molecule has 286 valence electrons. The average molecular weight is 779 g/mol. The minimum Gasteiger partial charge on any atom is -0.455 e. The maximum Gasteiger partial charge on any atom is 0.143 e. The van der Waals surface area contributed by atoms with E-state index in [9.17, 15) is 0 Å². The maximum absolute atomic E-state index is 6.90. The van der Waals surface area contributed by atoms with Gasteiger partial charge < -0.3 is 13.9 Å². The number of benzene rings is 10. The number of para-hydroxylation sites is 3. The molecule has 0 spiro atoms. The van der Waals surface area contributed by atoms with Crippen LogP contribution in [-0.2, 0) is 0 Å². The van der Waals surface area contributed by atoms with Gasteiger partial charge in [0.1, 0.15) is 11.2 Å². The summed E-state index contributed by atoms with van der Waals surface area (Å²) in [6.07, 6.45) is 0. The second kappa shape index (κ2) is 14.3. The zero-order chi connectivity index (χ0) is 40.3. The zero-order valence-electron chi connectivity index (χ0n) is 33.2. The molecular formula is C58H38N2O. The summed E-state index contributed by atoms with van der Waals surface area (Å²) in [5, 5.41) is 6.99. The van der Waals surface area contributed by atoms with Crippen LogP contribution < -0.4 is 4.90 Å². The van der Waals surface area contributed by atoms with Crippen molar-refractivity contribution < 1.29 is 4.42 Å². The summed E-state index contributed by atoms with van der Waals surface area (Å²) < 4.78 is 9.27. The third-order valence-corrected chi connectivity index (χ3v) is 12.2. The molecule has 0 unspecified atom stereocenters. The predicted octanol–water partition coefficient (Wildman–Crippen LogP) is 16.3. The van der Waals surface area contributed by atoms with Crippen molar-refractivity contribution in [2.24, 2.45) is 0 Å². The van der Waals surface area contributed by atoms with E-state index in [-0.39, 0.29) is 0 Å². The summed E-state index contributed by atoms with van der Waals surface area (Å²) in [6.45, 7) is 0. The van der Waals surface area contributed by atoms with Gasteiger partial charge in [-0.3, -0.25) is 0 Å². The van der Waals surface area contributed by atoms with Gasteiger partial charge in [-0.2, -0.15) is 0 Å². The normalized spacial score (nSPS) is 11.6. The highest BCUT2D eigenvalue weighted by Crippen LogP contribution is 2.45. The van der Waals surface area contributed by atoms with E-state index >= 15 is 0 Å². The molecule has 0 saturated carbocycles. The van der Waals surface area contributed by atoms with E-state index in [1.165, 1.54) is 44.1 Å². The van der Waals surface area contributed by atoms with Crippen molar-refractivity contribution in [1.82, 2.24) is 4.57 Å². The van der Waals surface area contributed by atoms with Gasteiger partial charge in [0.05, 0.1) is 11.0 Å². The van der Waals surface area contributed by atoms with Crippen LogP contribution in [0.15, 0.2) is 235 Å². The molecule has 10 aromatic carbocycles. The van der Waals surface area contributed by atoms with Crippen LogP contribution in [0.4, 0.5) is 17.1 Å². The van der Waals surface area contributed by atoms with E-state index in [1.807, 2.05) is 0 Å². The Balaban J connectivity index is 1.02. The first-order valence-electron chi connectivity index (χ1n) is 20.8. The Bertz CT molecular complexity index is 3570. The molecule has 3 nitrogen and oxygen atoms in total. The molecule has 0 aliphatic heterocycles. The molecule has 2 heterocycles. The lowest BCUT2D eigenvalue weighted by molar-refractivity contribution is 0.670. The predicted molar refractivity (Wildman–Crippen MR) is 257 cm³/mol. The van der Waals surface area contributed by atoms with Crippen LogP contribution in [0.25, 0.3) is 93.6 Å². The fourth-order valence-corrected chi connectivity index (χ4v) is 9.40. The minimum atomic E-state index is 0.880. The summed E-state index contributed by atoms with van der Waals surface area (Å²) in [5.41, 5.74) is 15.5. The van der Waals surface area contributed by atoms with E-state index in [2.05, 4.69) is 240 Å². The highest BCUT2D eigenvalue weighted by molar-refractivity contribution is 6.23. The SMILES string of the molecule is c1ccc(-c2ccc(N(c3cccc(-c4ccccc4)c3)c3ccc4c(ccc5oc6c(-c7cccc8c7c7ccccc7n8-c7ccccc7)cccc6c54)c3)cc2)cc1. The fraction of sp³-hybridized carbons (Fsp3) is 0. The van der Waals surface area contributed by atoms with E-state index < -0.39 is 0 Å². The molecule has 0 aliphatic carbocycles. The average Bonchev–Trinajstić information content (AvgIpc) is 3.89. The van der Waals surface area contributed by atoms with Crippen molar-refractivity contribution >= 4 is 71.6 Å². The van der Waals surface area contributed by atoms with E-state index in [1.54, 1.807) is 0 Å². The number of nitrogens with zero attached hydrogens (tertiary/aromatic N) is 2. The monoisotopic (exact) mass is 778 g/mol. The van der Waals surface area contributed by atoms with Crippen LogP contribution in [0.1, 0.15) is 0 Å². The van der Waals surface area contributed by atoms with E-state index in [4.69, 9.17) is 4.42 Å². The van der Waals surface area contributed by atoms with Crippen LogP contribution in [0, 0.1) is 0 Å². The third kappa shape index (κ3) is 5.82. The Hall–Kier alpha value is -8.14. The zero-order valence-corrected chi connectivity index (χ0v) is 33.2. The number of hydrogen-bond acceptors (Lipinski definition) is 2. The standard InChI is InChI=1S/C58H38N2O/c1-4-15-39(16-5-1)41-29-32-45(33-30-41)59(46-22-12-19-42(37-46)40-17-6-2-7-18-40)47-34-35-48-43(38-47)31-36-55-57(48)52-26-13-25-50(58(52)61-55)49-24-14-28-54-56(49)51-23-10-11-27-53(51)60(54)44-20-8-3-9-21-44/h1-38H. The first kappa shape index (κ1) is 34.9. The summed E-state index contributed by atoms with van der Waals surface area (Å²) in [6, 6.07) is 82.7. The number of aromatic nitrogens is 1. The molecule has 2 aromatic heterocycles. The molecule has 3 heteroatoms. The van der Waals surface area contributed by atoms with Crippen molar-refractivity contribution in [2.75, 3.05) is 4.90 Å². The molecule has 12 rings (SSSR count). The molecule has 0 fully saturated rings. The number of hydrogen-bond donors (Lipinski definition) is 0. The lowest BCUT2D eigenvalue weighted by Gasteiger charge is -2.26. The van der Waals surface area contributed by atoms with Crippen LogP contribution in [0.2, 0.25) is 0 Å². The van der Waals surface area contributed by atoms with Gasteiger partial charge in [0.15, 0.2) is 0 Å². The number of rotatable bonds is 7. The molecule has 0 aliphatic rings. The smallest absolute Gasteiger partial charge is 0.143 e. The Morgan fingerprint density at radius 2 is 0.934 bits per heavy atom. The van der Waals surface area contributed by atoms with Crippen molar-refractivity contribution in [3.63, 3.8) is 0 Å². The first-order valence-corrected chi connectivity index (χ1v) is 20.8.